The van der Waals surface area contributed by atoms with E-state index in [9.17, 15) is 0 Å². The topological polar surface area (TPSA) is 38.7 Å². The average Bonchev–Trinajstić information content (AvgIpc) is 2.39. The van der Waals surface area contributed by atoms with Crippen LogP contribution in [0.4, 0.5) is 0 Å². The number of aromatic nitrogens is 3. The number of benzene rings is 1. The summed E-state index contributed by atoms with van der Waals surface area (Å²) in [5, 5.41) is 0.926. The smallest absolute Gasteiger partial charge is 0.0758 e. The van der Waals surface area contributed by atoms with Crippen molar-refractivity contribution < 1.29 is 32.7 Å². The van der Waals surface area contributed by atoms with Crippen LogP contribution < -0.4 is 0 Å². The fraction of sp³-hybridized carbons (Fsp3) is 0. The summed E-state index contributed by atoms with van der Waals surface area (Å²) in [6, 6.07) is 11.6. The van der Waals surface area contributed by atoms with Crippen LogP contribution in [0.1, 0.15) is 0 Å². The molecule has 2 aromatic heterocycles. The minimum atomic E-state index is 0. The molecule has 0 spiro atoms. The van der Waals surface area contributed by atoms with Crippen LogP contribution in [0, 0.1) is 6.20 Å². The number of fused-ring (bicyclic) bond motifs is 1. The van der Waals surface area contributed by atoms with Crippen molar-refractivity contribution >= 4 is 10.9 Å². The third-order valence-electron chi connectivity index (χ3n) is 2.33. The van der Waals surface area contributed by atoms with Gasteiger partial charge in [0.25, 0.3) is 0 Å². The molecule has 3 aromatic rings. The third kappa shape index (κ3) is 2.56. The second-order valence-electron chi connectivity index (χ2n) is 3.42. The molecule has 79 valence electrons. The van der Waals surface area contributed by atoms with Crippen molar-refractivity contribution in [2.75, 3.05) is 0 Å². The number of rotatable bonds is 1. The van der Waals surface area contributed by atoms with E-state index in [2.05, 4.69) is 21.1 Å². The molecule has 0 aliphatic heterocycles. The number of hydrogen-bond donors (Lipinski definition) is 0. The van der Waals surface area contributed by atoms with Gasteiger partial charge in [0.2, 0.25) is 0 Å². The summed E-state index contributed by atoms with van der Waals surface area (Å²) >= 11 is 0. The van der Waals surface area contributed by atoms with Crippen molar-refractivity contribution in [3.05, 3.63) is 55.0 Å². The van der Waals surface area contributed by atoms with Gasteiger partial charge >= 0.3 is 0 Å². The van der Waals surface area contributed by atoms with E-state index in [1.807, 2.05) is 36.4 Å². The predicted molar refractivity (Wildman–Crippen MR) is 61.6 cm³/mol. The van der Waals surface area contributed by atoms with Gasteiger partial charge in [-0.05, 0) is 23.3 Å². The Morgan fingerprint density at radius 3 is 2.71 bits per heavy atom. The molecule has 1 radical (unpaired) electrons. The zero-order valence-corrected chi connectivity index (χ0v) is 11.9. The van der Waals surface area contributed by atoms with Crippen molar-refractivity contribution in [1.82, 2.24) is 15.0 Å². The second kappa shape index (κ2) is 5.43. The zero-order valence-electron chi connectivity index (χ0n) is 9.04. The molecule has 0 aliphatic carbocycles. The van der Waals surface area contributed by atoms with Gasteiger partial charge < -0.3 is 9.97 Å². The molecular weight excluding hydrogens is 287 g/mol. The van der Waals surface area contributed by atoms with E-state index in [4.69, 9.17) is 0 Å². The second-order valence-corrected chi connectivity index (χ2v) is 3.42. The molecular formula is C13H8N3Y-. The summed E-state index contributed by atoms with van der Waals surface area (Å²) in [5.41, 5.74) is 1.81. The largest absolute Gasteiger partial charge is 0.334 e. The first kappa shape index (κ1) is 12.3. The molecule has 0 N–H and O–H groups in total. The van der Waals surface area contributed by atoms with Gasteiger partial charge in [-0.3, -0.25) is 4.98 Å². The summed E-state index contributed by atoms with van der Waals surface area (Å²) in [5.74, 6) is 0.659. The summed E-state index contributed by atoms with van der Waals surface area (Å²) in [7, 11) is 0. The standard InChI is InChI=1S/C13H8N3.Y/c1-2-6-12-10(4-1)9-15-13(16-12)11-5-3-7-14-8-11;/h1-8H;/q-1;. The molecule has 4 heteroatoms. The number of para-hydroxylation sites is 1. The Kier molecular flexibility index (Phi) is 3.92. The van der Waals surface area contributed by atoms with Crippen molar-refractivity contribution in [2.24, 2.45) is 0 Å². The van der Waals surface area contributed by atoms with Gasteiger partial charge in [-0.15, -0.1) is 17.5 Å². The van der Waals surface area contributed by atoms with Crippen molar-refractivity contribution in [3.63, 3.8) is 0 Å². The van der Waals surface area contributed by atoms with Crippen LogP contribution in [-0.4, -0.2) is 15.0 Å². The van der Waals surface area contributed by atoms with E-state index < -0.39 is 0 Å². The Labute approximate surface area is 124 Å². The van der Waals surface area contributed by atoms with E-state index in [-0.39, 0.29) is 32.7 Å². The first-order valence-electron chi connectivity index (χ1n) is 4.98. The molecule has 3 nitrogen and oxygen atoms in total. The van der Waals surface area contributed by atoms with Crippen LogP contribution in [0.15, 0.2) is 48.8 Å². The van der Waals surface area contributed by atoms with E-state index in [0.717, 1.165) is 16.5 Å². The van der Waals surface area contributed by atoms with Gasteiger partial charge in [0.1, 0.15) is 0 Å². The Hall–Kier alpha value is -1.19. The molecule has 0 saturated carbocycles. The molecule has 0 atom stereocenters. The monoisotopic (exact) mass is 295 g/mol. The normalized spacial score (nSPS) is 9.88. The minimum absolute atomic E-state index is 0. The van der Waals surface area contributed by atoms with E-state index in [0.29, 0.717) is 5.82 Å². The molecule has 3 rings (SSSR count). The predicted octanol–water partition coefficient (Wildman–Crippen LogP) is 2.49. The number of pyridine rings is 1. The van der Waals surface area contributed by atoms with Gasteiger partial charge in [-0.25, -0.2) is 0 Å². The Morgan fingerprint density at radius 1 is 1.00 bits per heavy atom. The van der Waals surface area contributed by atoms with Crippen molar-refractivity contribution in [1.29, 1.82) is 0 Å². The Bertz CT molecular complexity index is 626. The molecule has 0 amide bonds. The molecule has 17 heavy (non-hydrogen) atoms. The molecule has 1 aromatic carbocycles. The first-order valence-corrected chi connectivity index (χ1v) is 4.98. The quantitative estimate of drug-likeness (QED) is 0.647. The fourth-order valence-corrected chi connectivity index (χ4v) is 1.54. The molecule has 0 saturated heterocycles. The first-order chi connectivity index (χ1) is 7.93. The van der Waals surface area contributed by atoms with Gasteiger partial charge in [-0.2, -0.15) is 0 Å². The van der Waals surface area contributed by atoms with E-state index >= 15 is 0 Å². The van der Waals surface area contributed by atoms with Crippen LogP contribution in [0.25, 0.3) is 22.3 Å². The van der Waals surface area contributed by atoms with Gasteiger partial charge in [-0.1, -0.05) is 18.2 Å². The maximum absolute atomic E-state index is 4.46. The summed E-state index contributed by atoms with van der Waals surface area (Å²) in [4.78, 5) is 12.7. The Balaban J connectivity index is 0.00000108. The molecule has 0 unspecified atom stereocenters. The van der Waals surface area contributed by atoms with Crippen LogP contribution in [0.2, 0.25) is 0 Å². The third-order valence-corrected chi connectivity index (χ3v) is 2.33. The molecule has 0 fully saturated rings. The van der Waals surface area contributed by atoms with Gasteiger partial charge in [0.15, 0.2) is 0 Å². The van der Waals surface area contributed by atoms with Crippen LogP contribution in [0.5, 0.6) is 0 Å². The maximum atomic E-state index is 4.46. The maximum Gasteiger partial charge on any atom is 0.0758 e. The summed E-state index contributed by atoms with van der Waals surface area (Å²) in [6.07, 6.45) is 6.46. The summed E-state index contributed by atoms with van der Waals surface area (Å²) < 4.78 is 0. The van der Waals surface area contributed by atoms with Crippen LogP contribution in [0.3, 0.4) is 0 Å². The molecule has 2 heterocycles. The van der Waals surface area contributed by atoms with E-state index in [1.165, 1.54) is 0 Å². The van der Waals surface area contributed by atoms with Crippen molar-refractivity contribution in [3.8, 4) is 11.4 Å². The SMILES string of the molecule is [Y].[c-]1nc(-c2cccnc2)nc2ccccc12. The van der Waals surface area contributed by atoms with Crippen molar-refractivity contribution in [2.45, 2.75) is 0 Å². The van der Waals surface area contributed by atoms with Crippen LogP contribution in [-0.2, 0) is 32.7 Å². The molecule has 0 aliphatic rings. The zero-order chi connectivity index (χ0) is 10.8. The fourth-order valence-electron chi connectivity index (χ4n) is 1.54. The Morgan fingerprint density at radius 2 is 1.88 bits per heavy atom. The van der Waals surface area contributed by atoms with E-state index in [1.54, 1.807) is 12.4 Å². The molecule has 0 bridgehead atoms. The minimum Gasteiger partial charge on any atom is -0.334 e. The number of nitrogens with zero attached hydrogens (tertiary/aromatic N) is 3. The van der Waals surface area contributed by atoms with Gasteiger partial charge in [0, 0.05) is 45.1 Å². The van der Waals surface area contributed by atoms with Gasteiger partial charge in [0.05, 0.1) is 5.82 Å². The average molecular weight is 295 g/mol. The van der Waals surface area contributed by atoms with Crippen LogP contribution >= 0.6 is 0 Å². The summed E-state index contributed by atoms with van der Waals surface area (Å²) in [6.45, 7) is 0. The number of hydrogen-bond acceptors (Lipinski definition) is 3.